The molecule has 1 atom stereocenters. The van der Waals surface area contributed by atoms with E-state index in [4.69, 9.17) is 27.9 Å². The lowest BCUT2D eigenvalue weighted by atomic mass is 10.0. The molecule has 98 valence electrons. The molecule has 0 aliphatic carbocycles. The number of halogens is 2. The first-order chi connectivity index (χ1) is 9.19. The summed E-state index contributed by atoms with van der Waals surface area (Å²) in [5.41, 5.74) is 3.46. The van der Waals surface area contributed by atoms with Gasteiger partial charge in [-0.2, -0.15) is 0 Å². The Kier molecular flexibility index (Phi) is 3.29. The fraction of sp³-hybridized carbons (Fsp3) is 0.200. The fourth-order valence-corrected chi connectivity index (χ4v) is 2.76. The summed E-state index contributed by atoms with van der Waals surface area (Å²) in [6, 6.07) is 12.0. The number of hydrogen-bond donors (Lipinski definition) is 1. The van der Waals surface area contributed by atoms with Crippen LogP contribution in [0.25, 0.3) is 0 Å². The van der Waals surface area contributed by atoms with E-state index >= 15 is 0 Å². The number of fused-ring (bicyclic) bond motifs is 1. The summed E-state index contributed by atoms with van der Waals surface area (Å²) >= 11 is 12.0. The van der Waals surface area contributed by atoms with Crippen molar-refractivity contribution in [3.63, 3.8) is 0 Å². The van der Waals surface area contributed by atoms with E-state index in [1.165, 1.54) is 5.56 Å². The van der Waals surface area contributed by atoms with Gasteiger partial charge in [-0.3, -0.25) is 0 Å². The first kappa shape index (κ1) is 12.6. The highest BCUT2D eigenvalue weighted by Crippen LogP contribution is 2.40. The van der Waals surface area contributed by atoms with Crippen molar-refractivity contribution in [3.05, 3.63) is 57.6 Å². The van der Waals surface area contributed by atoms with Crippen molar-refractivity contribution < 1.29 is 4.74 Å². The van der Waals surface area contributed by atoms with Gasteiger partial charge in [0.25, 0.3) is 0 Å². The Labute approximate surface area is 122 Å². The van der Waals surface area contributed by atoms with Crippen LogP contribution < -0.4 is 10.1 Å². The Morgan fingerprint density at radius 3 is 2.74 bits per heavy atom. The molecule has 1 heterocycles. The van der Waals surface area contributed by atoms with E-state index in [-0.39, 0.29) is 6.04 Å². The summed E-state index contributed by atoms with van der Waals surface area (Å²) < 4.78 is 5.37. The van der Waals surface area contributed by atoms with E-state index in [0.717, 1.165) is 23.4 Å². The molecule has 1 aliphatic heterocycles. The molecule has 0 spiro atoms. The molecule has 0 saturated heterocycles. The quantitative estimate of drug-likeness (QED) is 0.866. The number of nitrogens with one attached hydrogen (secondary N) is 1. The van der Waals surface area contributed by atoms with Crippen LogP contribution in [0.15, 0.2) is 36.4 Å². The van der Waals surface area contributed by atoms with Crippen molar-refractivity contribution in [1.82, 2.24) is 0 Å². The largest absolute Gasteiger partial charge is 0.495 e. The fourth-order valence-electron chi connectivity index (χ4n) is 2.46. The third kappa shape index (κ3) is 2.26. The predicted octanol–water partition coefficient (Wildman–Crippen LogP) is 4.71. The van der Waals surface area contributed by atoms with Crippen molar-refractivity contribution >= 4 is 28.9 Å². The molecule has 0 bridgehead atoms. The number of rotatable bonds is 2. The van der Waals surface area contributed by atoms with E-state index in [1.807, 2.05) is 30.3 Å². The average molecular weight is 294 g/mol. The number of para-hydroxylation sites is 1. The van der Waals surface area contributed by atoms with Crippen molar-refractivity contribution in [2.45, 2.75) is 12.5 Å². The number of methoxy groups -OCH3 is 1. The van der Waals surface area contributed by atoms with E-state index in [0.29, 0.717) is 10.0 Å². The van der Waals surface area contributed by atoms with E-state index in [1.54, 1.807) is 7.11 Å². The molecule has 2 nitrogen and oxygen atoms in total. The maximum absolute atomic E-state index is 6.08. The van der Waals surface area contributed by atoms with Gasteiger partial charge in [0, 0.05) is 0 Å². The molecule has 2 aromatic rings. The van der Waals surface area contributed by atoms with Gasteiger partial charge in [0.2, 0.25) is 0 Å². The molecule has 0 amide bonds. The van der Waals surface area contributed by atoms with Crippen LogP contribution in [0.1, 0.15) is 17.2 Å². The molecule has 2 aromatic carbocycles. The summed E-state index contributed by atoms with van der Waals surface area (Å²) in [4.78, 5) is 0. The lowest BCUT2D eigenvalue weighted by molar-refractivity contribution is 0.416. The smallest absolute Gasteiger partial charge is 0.142 e. The molecule has 19 heavy (non-hydrogen) atoms. The van der Waals surface area contributed by atoms with Crippen molar-refractivity contribution in [2.75, 3.05) is 12.4 Å². The Morgan fingerprint density at radius 2 is 2.00 bits per heavy atom. The zero-order valence-electron chi connectivity index (χ0n) is 10.4. The Hall–Kier alpha value is -1.38. The minimum atomic E-state index is 0.209. The number of ether oxygens (including phenoxy) is 1. The second-order valence-corrected chi connectivity index (χ2v) is 5.38. The average Bonchev–Trinajstić information content (AvgIpc) is 2.85. The summed E-state index contributed by atoms with van der Waals surface area (Å²) in [6.07, 6.45) is 0.921. The first-order valence-electron chi connectivity index (χ1n) is 6.06. The normalized spacial score (nSPS) is 16.9. The van der Waals surface area contributed by atoms with Crippen molar-refractivity contribution in [3.8, 4) is 5.75 Å². The standard InChI is InChI=1S/C15H13Cl2NO/c1-19-14-4-2-3-10-8-13(18-15(10)14)9-5-6-11(16)12(17)7-9/h2-7,13,18H,8H2,1H3. The summed E-state index contributed by atoms with van der Waals surface area (Å²) in [7, 11) is 1.68. The Bertz CT molecular complexity index is 628. The van der Waals surface area contributed by atoms with Crippen molar-refractivity contribution in [1.29, 1.82) is 0 Å². The van der Waals surface area contributed by atoms with Crippen LogP contribution >= 0.6 is 23.2 Å². The molecule has 1 unspecified atom stereocenters. The van der Waals surface area contributed by atoms with E-state index < -0.39 is 0 Å². The van der Waals surface area contributed by atoms with Crippen LogP contribution in [-0.4, -0.2) is 7.11 Å². The van der Waals surface area contributed by atoms with Crippen LogP contribution in [0.4, 0.5) is 5.69 Å². The SMILES string of the molecule is COc1cccc2c1NC(c1ccc(Cl)c(Cl)c1)C2. The van der Waals surface area contributed by atoms with Gasteiger partial charge in [-0.25, -0.2) is 0 Å². The van der Waals surface area contributed by atoms with Gasteiger partial charge in [0.15, 0.2) is 0 Å². The van der Waals surface area contributed by atoms with Gasteiger partial charge in [-0.05, 0) is 35.7 Å². The minimum Gasteiger partial charge on any atom is -0.495 e. The first-order valence-corrected chi connectivity index (χ1v) is 6.82. The molecule has 1 N–H and O–H groups in total. The highest BCUT2D eigenvalue weighted by atomic mass is 35.5. The van der Waals surface area contributed by atoms with Gasteiger partial charge in [0.1, 0.15) is 5.75 Å². The molecule has 3 rings (SSSR count). The lowest BCUT2D eigenvalue weighted by Gasteiger charge is -2.13. The molecular formula is C15H13Cl2NO. The molecular weight excluding hydrogens is 281 g/mol. The van der Waals surface area contributed by atoms with Gasteiger partial charge >= 0.3 is 0 Å². The summed E-state index contributed by atoms with van der Waals surface area (Å²) in [6.45, 7) is 0. The summed E-state index contributed by atoms with van der Waals surface area (Å²) in [5.74, 6) is 0.875. The van der Waals surface area contributed by atoms with Gasteiger partial charge in [-0.15, -0.1) is 0 Å². The van der Waals surface area contributed by atoms with Crippen LogP contribution in [0.3, 0.4) is 0 Å². The van der Waals surface area contributed by atoms with Crippen LogP contribution in [-0.2, 0) is 6.42 Å². The van der Waals surface area contributed by atoms with Gasteiger partial charge in [0.05, 0.1) is 28.9 Å². The molecule has 0 fully saturated rings. The molecule has 1 aliphatic rings. The highest BCUT2D eigenvalue weighted by molar-refractivity contribution is 6.42. The zero-order valence-corrected chi connectivity index (χ0v) is 11.9. The molecule has 0 saturated carbocycles. The molecule has 0 radical (unpaired) electrons. The van der Waals surface area contributed by atoms with Crippen molar-refractivity contribution in [2.24, 2.45) is 0 Å². The number of benzene rings is 2. The maximum atomic E-state index is 6.08. The van der Waals surface area contributed by atoms with Gasteiger partial charge < -0.3 is 10.1 Å². The third-order valence-electron chi connectivity index (χ3n) is 3.42. The topological polar surface area (TPSA) is 21.3 Å². The van der Waals surface area contributed by atoms with Crippen LogP contribution in [0, 0.1) is 0 Å². The van der Waals surface area contributed by atoms with E-state index in [2.05, 4.69) is 11.4 Å². The molecule has 0 aromatic heterocycles. The minimum absolute atomic E-state index is 0.209. The van der Waals surface area contributed by atoms with E-state index in [9.17, 15) is 0 Å². The van der Waals surface area contributed by atoms with Crippen LogP contribution in [0.5, 0.6) is 5.75 Å². The Balaban J connectivity index is 1.93. The third-order valence-corrected chi connectivity index (χ3v) is 4.16. The second kappa shape index (κ2) is 4.95. The lowest BCUT2D eigenvalue weighted by Crippen LogP contribution is -2.05. The number of hydrogen-bond acceptors (Lipinski definition) is 2. The predicted molar refractivity (Wildman–Crippen MR) is 79.5 cm³/mol. The number of anilines is 1. The van der Waals surface area contributed by atoms with Crippen LogP contribution in [0.2, 0.25) is 10.0 Å². The maximum Gasteiger partial charge on any atom is 0.142 e. The monoisotopic (exact) mass is 293 g/mol. The zero-order chi connectivity index (χ0) is 13.4. The van der Waals surface area contributed by atoms with Gasteiger partial charge in [-0.1, -0.05) is 41.4 Å². The second-order valence-electron chi connectivity index (χ2n) is 4.57. The summed E-state index contributed by atoms with van der Waals surface area (Å²) in [5, 5.41) is 4.66. The highest BCUT2D eigenvalue weighted by Gasteiger charge is 2.24. The Morgan fingerprint density at radius 1 is 1.16 bits per heavy atom. The molecule has 4 heteroatoms.